The molecule has 3 heteroatoms. The van der Waals surface area contributed by atoms with Crippen molar-refractivity contribution < 1.29 is 5.11 Å². The number of rotatable bonds is 5. The number of allylic oxidation sites excluding steroid dienone is 2. The summed E-state index contributed by atoms with van der Waals surface area (Å²) >= 11 is 0. The van der Waals surface area contributed by atoms with Gasteiger partial charge in [-0.05, 0) is 23.0 Å². The summed E-state index contributed by atoms with van der Waals surface area (Å²) in [6.07, 6.45) is 8.23. The van der Waals surface area contributed by atoms with Crippen LogP contribution < -0.4 is 0 Å². The maximum atomic E-state index is 9.15. The Hall–Kier alpha value is -1.42. The quantitative estimate of drug-likeness (QED) is 0.900. The molecule has 1 aromatic carbocycles. The summed E-state index contributed by atoms with van der Waals surface area (Å²) in [6, 6.07) is 11.2. The zero-order chi connectivity index (χ0) is 17.0. The molecule has 3 rings (SSSR count). The molecule has 1 aliphatic heterocycles. The van der Waals surface area contributed by atoms with Crippen LogP contribution in [-0.2, 0) is 0 Å². The van der Waals surface area contributed by atoms with Crippen LogP contribution >= 0.6 is 0 Å². The van der Waals surface area contributed by atoms with Gasteiger partial charge in [0.15, 0.2) is 0 Å². The van der Waals surface area contributed by atoms with Crippen molar-refractivity contribution in [1.82, 2.24) is 9.80 Å². The van der Waals surface area contributed by atoms with Gasteiger partial charge < -0.3 is 5.11 Å². The summed E-state index contributed by atoms with van der Waals surface area (Å²) in [5, 5.41) is 9.15. The lowest BCUT2D eigenvalue weighted by molar-refractivity contribution is 0.0940. The molecule has 1 aliphatic carbocycles. The van der Waals surface area contributed by atoms with Crippen molar-refractivity contribution in [1.29, 1.82) is 0 Å². The number of β-amino-alcohol motifs (C(OH)–C–C–N with tert-alkyl or cyclic N) is 1. The topological polar surface area (TPSA) is 26.7 Å². The predicted molar refractivity (Wildman–Crippen MR) is 99.9 cm³/mol. The molecule has 0 saturated carbocycles. The Morgan fingerprint density at radius 3 is 2.38 bits per heavy atom. The fourth-order valence-corrected chi connectivity index (χ4v) is 3.68. The van der Waals surface area contributed by atoms with Gasteiger partial charge in [-0.3, -0.25) is 9.80 Å². The fourth-order valence-electron chi connectivity index (χ4n) is 3.68. The Kier molecular flexibility index (Phi) is 5.54. The van der Waals surface area contributed by atoms with Gasteiger partial charge in [0.25, 0.3) is 0 Å². The molecular formula is C21H30N2O. The molecule has 1 saturated heterocycles. The molecule has 1 aromatic rings. The van der Waals surface area contributed by atoms with Crippen LogP contribution in [0.2, 0.25) is 0 Å². The van der Waals surface area contributed by atoms with E-state index in [4.69, 9.17) is 5.11 Å². The zero-order valence-electron chi connectivity index (χ0n) is 15.0. The Balaban J connectivity index is 1.80. The van der Waals surface area contributed by atoms with Crippen LogP contribution in [0.25, 0.3) is 0 Å². The van der Waals surface area contributed by atoms with Gasteiger partial charge in [0.2, 0.25) is 0 Å². The van der Waals surface area contributed by atoms with Gasteiger partial charge in [-0.2, -0.15) is 0 Å². The highest BCUT2D eigenvalue weighted by Crippen LogP contribution is 2.36. The van der Waals surface area contributed by atoms with E-state index in [-0.39, 0.29) is 12.0 Å². The standard InChI is InChI=1S/C21H30N2O/c1-21(2)10-8-19(9-11-21)20(18-6-4-3-5-7-18)23-14-12-22(13-15-23)16-17-24/h3-10,20,24H,11-17H2,1-2H3. The van der Waals surface area contributed by atoms with E-state index in [1.165, 1.54) is 11.1 Å². The first-order valence-corrected chi connectivity index (χ1v) is 9.10. The molecule has 130 valence electrons. The number of nitrogens with zero attached hydrogens (tertiary/aromatic N) is 2. The third kappa shape index (κ3) is 4.15. The van der Waals surface area contributed by atoms with Gasteiger partial charge in [0.1, 0.15) is 0 Å². The summed E-state index contributed by atoms with van der Waals surface area (Å²) < 4.78 is 0. The van der Waals surface area contributed by atoms with Crippen molar-refractivity contribution in [2.75, 3.05) is 39.3 Å². The van der Waals surface area contributed by atoms with E-state index >= 15 is 0 Å². The van der Waals surface area contributed by atoms with Gasteiger partial charge in [-0.1, -0.05) is 62.4 Å². The average Bonchev–Trinajstić information content (AvgIpc) is 2.59. The lowest BCUT2D eigenvalue weighted by Gasteiger charge is -2.40. The molecule has 0 bridgehead atoms. The summed E-state index contributed by atoms with van der Waals surface area (Å²) in [5.74, 6) is 0. The lowest BCUT2D eigenvalue weighted by Crippen LogP contribution is -2.48. The summed E-state index contributed by atoms with van der Waals surface area (Å²) in [7, 11) is 0. The van der Waals surface area contributed by atoms with Crippen LogP contribution in [0, 0.1) is 5.41 Å². The molecule has 3 nitrogen and oxygen atoms in total. The maximum Gasteiger partial charge on any atom is 0.0599 e. The van der Waals surface area contributed by atoms with E-state index in [1.54, 1.807) is 0 Å². The third-order valence-electron chi connectivity index (χ3n) is 5.21. The highest BCUT2D eigenvalue weighted by molar-refractivity contribution is 5.37. The molecule has 24 heavy (non-hydrogen) atoms. The molecule has 0 spiro atoms. The largest absolute Gasteiger partial charge is 0.395 e. The monoisotopic (exact) mass is 326 g/mol. The van der Waals surface area contributed by atoms with Gasteiger partial charge in [0, 0.05) is 32.7 Å². The first kappa shape index (κ1) is 17.4. The lowest BCUT2D eigenvalue weighted by atomic mass is 9.81. The second-order valence-electron chi connectivity index (χ2n) is 7.64. The fraction of sp³-hybridized carbons (Fsp3) is 0.524. The van der Waals surface area contributed by atoms with E-state index in [9.17, 15) is 0 Å². The molecule has 1 N–H and O–H groups in total. The smallest absolute Gasteiger partial charge is 0.0599 e. The SMILES string of the molecule is CC1(C)C=CC(C(c2ccccc2)N2CCN(CCO)CC2)=CC1. The van der Waals surface area contributed by atoms with Crippen molar-refractivity contribution in [2.24, 2.45) is 5.41 Å². The zero-order valence-corrected chi connectivity index (χ0v) is 15.0. The van der Waals surface area contributed by atoms with Gasteiger partial charge in [-0.25, -0.2) is 0 Å². The molecule has 1 heterocycles. The summed E-state index contributed by atoms with van der Waals surface area (Å²) in [6.45, 7) is 9.80. The van der Waals surface area contributed by atoms with E-state index in [1.807, 2.05) is 0 Å². The molecule has 1 unspecified atom stereocenters. The Morgan fingerprint density at radius 1 is 1.08 bits per heavy atom. The first-order valence-electron chi connectivity index (χ1n) is 9.10. The number of hydrogen-bond donors (Lipinski definition) is 1. The van der Waals surface area contributed by atoms with Crippen LogP contribution in [0.15, 0.2) is 54.1 Å². The number of aliphatic hydroxyl groups excluding tert-OH is 1. The predicted octanol–water partition coefficient (Wildman–Crippen LogP) is 3.25. The molecule has 2 aliphatic rings. The number of piperazine rings is 1. The van der Waals surface area contributed by atoms with Crippen molar-refractivity contribution >= 4 is 0 Å². The molecule has 0 aromatic heterocycles. The average molecular weight is 326 g/mol. The van der Waals surface area contributed by atoms with Crippen LogP contribution in [0.1, 0.15) is 31.9 Å². The Bertz CT molecular complexity index is 583. The second-order valence-corrected chi connectivity index (χ2v) is 7.64. The molecule has 1 atom stereocenters. The number of hydrogen-bond acceptors (Lipinski definition) is 3. The van der Waals surface area contributed by atoms with Gasteiger partial charge in [0.05, 0.1) is 12.6 Å². The highest BCUT2D eigenvalue weighted by atomic mass is 16.3. The highest BCUT2D eigenvalue weighted by Gasteiger charge is 2.28. The number of benzene rings is 1. The normalized spacial score (nSPS) is 23.0. The van der Waals surface area contributed by atoms with E-state index < -0.39 is 0 Å². The summed E-state index contributed by atoms with van der Waals surface area (Å²) in [5.41, 5.74) is 3.07. The Labute approximate surface area is 146 Å². The van der Waals surface area contributed by atoms with E-state index in [0.717, 1.165) is 39.1 Å². The van der Waals surface area contributed by atoms with Crippen molar-refractivity contribution in [3.63, 3.8) is 0 Å². The Morgan fingerprint density at radius 2 is 1.79 bits per heavy atom. The van der Waals surface area contributed by atoms with Crippen molar-refractivity contribution in [2.45, 2.75) is 26.3 Å². The molecular weight excluding hydrogens is 296 g/mol. The third-order valence-corrected chi connectivity index (χ3v) is 5.21. The number of aliphatic hydroxyl groups is 1. The second kappa shape index (κ2) is 7.64. The minimum Gasteiger partial charge on any atom is -0.395 e. The molecule has 1 fully saturated rings. The van der Waals surface area contributed by atoms with Crippen LogP contribution in [0.4, 0.5) is 0 Å². The van der Waals surface area contributed by atoms with Gasteiger partial charge in [-0.15, -0.1) is 0 Å². The van der Waals surface area contributed by atoms with E-state index in [0.29, 0.717) is 6.04 Å². The van der Waals surface area contributed by atoms with Gasteiger partial charge >= 0.3 is 0 Å². The maximum absolute atomic E-state index is 9.15. The van der Waals surface area contributed by atoms with Crippen LogP contribution in [0.3, 0.4) is 0 Å². The molecule has 0 radical (unpaired) electrons. The van der Waals surface area contributed by atoms with E-state index in [2.05, 4.69) is 72.2 Å². The van der Waals surface area contributed by atoms with Crippen LogP contribution in [-0.4, -0.2) is 54.2 Å². The van der Waals surface area contributed by atoms with Crippen LogP contribution in [0.5, 0.6) is 0 Å². The van der Waals surface area contributed by atoms with Crippen molar-refractivity contribution in [3.8, 4) is 0 Å². The minimum atomic E-state index is 0.255. The van der Waals surface area contributed by atoms with Crippen molar-refractivity contribution in [3.05, 3.63) is 59.7 Å². The summed E-state index contributed by atoms with van der Waals surface area (Å²) in [4.78, 5) is 4.95. The first-order chi connectivity index (χ1) is 11.6. The minimum absolute atomic E-state index is 0.255. The molecule has 0 amide bonds.